The van der Waals surface area contributed by atoms with Gasteiger partial charge in [-0.2, -0.15) is 0 Å². The Morgan fingerprint density at radius 3 is 2.87 bits per heavy atom. The van der Waals surface area contributed by atoms with E-state index in [1.54, 1.807) is 0 Å². The standard InChI is InChI=1S/C18H21N3OS/c22-18(16-4-2-10-23-16)20-17-14-5-8-21(9-6-14)15(17)11-13-3-1-7-19-12-13/h1-4,7,10,12,14-15,17H,5-6,8-9,11H2,(H,20,22). The summed E-state index contributed by atoms with van der Waals surface area (Å²) in [7, 11) is 0. The van der Waals surface area contributed by atoms with Crippen LogP contribution in [0.5, 0.6) is 0 Å². The molecule has 5 heteroatoms. The van der Waals surface area contributed by atoms with Gasteiger partial charge in [-0.3, -0.25) is 14.7 Å². The van der Waals surface area contributed by atoms with Crippen LogP contribution in [0, 0.1) is 5.92 Å². The molecule has 3 aliphatic rings. The van der Waals surface area contributed by atoms with Gasteiger partial charge >= 0.3 is 0 Å². The Balaban J connectivity index is 1.53. The van der Waals surface area contributed by atoms with Crippen molar-refractivity contribution in [3.63, 3.8) is 0 Å². The molecule has 3 aliphatic heterocycles. The lowest BCUT2D eigenvalue weighted by molar-refractivity contribution is 0.0137. The Kier molecular flexibility index (Phi) is 4.14. The van der Waals surface area contributed by atoms with Gasteiger partial charge in [-0.05, 0) is 61.3 Å². The predicted octanol–water partition coefficient (Wildman–Crippen LogP) is 2.58. The second-order valence-electron chi connectivity index (χ2n) is 6.48. The third kappa shape index (κ3) is 3.03. The number of pyridine rings is 1. The van der Waals surface area contributed by atoms with E-state index in [2.05, 4.69) is 21.3 Å². The van der Waals surface area contributed by atoms with E-state index in [0.29, 0.717) is 12.0 Å². The van der Waals surface area contributed by atoms with E-state index in [1.165, 1.54) is 29.7 Å². The van der Waals surface area contributed by atoms with Crippen molar-refractivity contribution in [1.29, 1.82) is 0 Å². The number of hydrogen-bond acceptors (Lipinski definition) is 4. The average molecular weight is 327 g/mol. The summed E-state index contributed by atoms with van der Waals surface area (Å²) in [5.41, 5.74) is 1.25. The van der Waals surface area contributed by atoms with Crippen LogP contribution in [0.2, 0.25) is 0 Å². The number of piperidine rings is 3. The minimum absolute atomic E-state index is 0.0786. The van der Waals surface area contributed by atoms with Crippen LogP contribution in [-0.4, -0.2) is 41.0 Å². The number of carbonyl (C=O) groups excluding carboxylic acids is 1. The zero-order chi connectivity index (χ0) is 15.6. The van der Waals surface area contributed by atoms with Gasteiger partial charge in [-0.25, -0.2) is 0 Å². The van der Waals surface area contributed by atoms with Gasteiger partial charge in [0.1, 0.15) is 0 Å². The minimum atomic E-state index is 0.0786. The van der Waals surface area contributed by atoms with Crippen molar-refractivity contribution in [2.75, 3.05) is 13.1 Å². The molecule has 1 N–H and O–H groups in total. The van der Waals surface area contributed by atoms with Crippen LogP contribution in [0.3, 0.4) is 0 Å². The number of fused-ring (bicyclic) bond motifs is 3. The van der Waals surface area contributed by atoms with Crippen LogP contribution in [0.4, 0.5) is 0 Å². The van der Waals surface area contributed by atoms with Crippen LogP contribution in [0.25, 0.3) is 0 Å². The summed E-state index contributed by atoms with van der Waals surface area (Å²) in [6.07, 6.45) is 7.10. The summed E-state index contributed by atoms with van der Waals surface area (Å²) in [5, 5.41) is 5.29. The topological polar surface area (TPSA) is 45.2 Å². The Bertz CT molecular complexity index is 650. The summed E-state index contributed by atoms with van der Waals surface area (Å²) < 4.78 is 0. The van der Waals surface area contributed by atoms with E-state index in [-0.39, 0.29) is 11.9 Å². The third-order valence-corrected chi connectivity index (χ3v) is 6.04. The number of thiophene rings is 1. The average Bonchev–Trinajstić information content (AvgIpc) is 3.13. The number of nitrogens with zero attached hydrogens (tertiary/aromatic N) is 2. The summed E-state index contributed by atoms with van der Waals surface area (Å²) in [6.45, 7) is 2.31. The Morgan fingerprint density at radius 2 is 2.17 bits per heavy atom. The molecule has 0 aliphatic carbocycles. The SMILES string of the molecule is O=C(NC1C2CCN(CC2)C1Cc1cccnc1)c1cccs1. The van der Waals surface area contributed by atoms with Gasteiger partial charge in [-0.1, -0.05) is 12.1 Å². The first-order valence-corrected chi connectivity index (χ1v) is 9.16. The molecule has 2 atom stereocenters. The fourth-order valence-electron chi connectivity index (χ4n) is 4.01. The molecule has 2 bridgehead atoms. The van der Waals surface area contributed by atoms with Gasteiger partial charge in [0, 0.05) is 24.5 Å². The number of rotatable bonds is 4. The van der Waals surface area contributed by atoms with Crippen molar-refractivity contribution in [1.82, 2.24) is 15.2 Å². The van der Waals surface area contributed by atoms with Gasteiger partial charge in [0.2, 0.25) is 0 Å². The second kappa shape index (κ2) is 6.42. The minimum Gasteiger partial charge on any atom is -0.347 e. The van der Waals surface area contributed by atoms with Crippen molar-refractivity contribution in [2.24, 2.45) is 5.92 Å². The number of aromatic nitrogens is 1. The zero-order valence-corrected chi connectivity index (χ0v) is 13.8. The van der Waals surface area contributed by atoms with Gasteiger partial charge in [-0.15, -0.1) is 11.3 Å². The van der Waals surface area contributed by atoms with Crippen molar-refractivity contribution < 1.29 is 4.79 Å². The van der Waals surface area contributed by atoms with Crippen LogP contribution in [0.15, 0.2) is 42.0 Å². The van der Waals surface area contributed by atoms with Crippen molar-refractivity contribution in [3.8, 4) is 0 Å². The highest BCUT2D eigenvalue weighted by molar-refractivity contribution is 7.12. The van der Waals surface area contributed by atoms with Crippen LogP contribution >= 0.6 is 11.3 Å². The van der Waals surface area contributed by atoms with E-state index in [1.807, 2.05) is 36.0 Å². The summed E-state index contributed by atoms with van der Waals surface area (Å²) >= 11 is 1.51. The Labute approximate surface area is 140 Å². The largest absolute Gasteiger partial charge is 0.347 e. The number of hydrogen-bond donors (Lipinski definition) is 1. The molecule has 3 saturated heterocycles. The van der Waals surface area contributed by atoms with Crippen molar-refractivity contribution in [2.45, 2.75) is 31.3 Å². The van der Waals surface area contributed by atoms with Crippen LogP contribution in [0.1, 0.15) is 28.1 Å². The van der Waals surface area contributed by atoms with E-state index in [0.717, 1.165) is 24.4 Å². The van der Waals surface area contributed by atoms with Gasteiger partial charge in [0.15, 0.2) is 0 Å². The molecule has 2 aromatic rings. The quantitative estimate of drug-likeness (QED) is 0.939. The lowest BCUT2D eigenvalue weighted by Crippen LogP contribution is -2.64. The molecule has 2 aromatic heterocycles. The first-order chi connectivity index (χ1) is 11.3. The monoisotopic (exact) mass is 327 g/mol. The molecule has 5 heterocycles. The highest BCUT2D eigenvalue weighted by Crippen LogP contribution is 2.34. The summed E-state index contributed by atoms with van der Waals surface area (Å²) in [4.78, 5) is 20.1. The number of carbonyl (C=O) groups is 1. The molecule has 4 nitrogen and oxygen atoms in total. The molecule has 1 amide bonds. The fraction of sp³-hybridized carbons (Fsp3) is 0.444. The lowest BCUT2D eigenvalue weighted by atomic mass is 9.77. The molecule has 3 fully saturated rings. The maximum atomic E-state index is 12.5. The fourth-order valence-corrected chi connectivity index (χ4v) is 4.64. The normalized spacial score (nSPS) is 29.4. The first-order valence-electron chi connectivity index (χ1n) is 8.28. The van der Waals surface area contributed by atoms with E-state index < -0.39 is 0 Å². The van der Waals surface area contributed by atoms with Crippen LogP contribution < -0.4 is 5.32 Å². The third-order valence-electron chi connectivity index (χ3n) is 5.18. The van der Waals surface area contributed by atoms with Crippen molar-refractivity contribution >= 4 is 17.2 Å². The molecule has 0 aromatic carbocycles. The van der Waals surface area contributed by atoms with Gasteiger partial charge in [0.25, 0.3) is 5.91 Å². The second-order valence-corrected chi connectivity index (χ2v) is 7.43. The molecule has 0 spiro atoms. The first kappa shape index (κ1) is 14.8. The number of amides is 1. The molecule has 0 saturated carbocycles. The molecule has 2 unspecified atom stereocenters. The Morgan fingerprint density at radius 1 is 1.30 bits per heavy atom. The lowest BCUT2D eigenvalue weighted by Gasteiger charge is -2.51. The van der Waals surface area contributed by atoms with E-state index in [9.17, 15) is 4.79 Å². The predicted molar refractivity (Wildman–Crippen MR) is 91.6 cm³/mol. The molecule has 5 rings (SSSR count). The van der Waals surface area contributed by atoms with E-state index >= 15 is 0 Å². The summed E-state index contributed by atoms with van der Waals surface area (Å²) in [6, 6.07) is 8.59. The molecule has 23 heavy (non-hydrogen) atoms. The maximum Gasteiger partial charge on any atom is 0.261 e. The summed E-state index contributed by atoms with van der Waals surface area (Å²) in [5.74, 6) is 0.681. The molecular formula is C18H21N3OS. The number of nitrogens with one attached hydrogen (secondary N) is 1. The smallest absolute Gasteiger partial charge is 0.261 e. The van der Waals surface area contributed by atoms with Gasteiger partial charge in [0.05, 0.1) is 4.88 Å². The van der Waals surface area contributed by atoms with Crippen LogP contribution in [-0.2, 0) is 6.42 Å². The van der Waals surface area contributed by atoms with Gasteiger partial charge < -0.3 is 5.32 Å². The Hall–Kier alpha value is -1.72. The maximum absolute atomic E-state index is 12.5. The molecule has 120 valence electrons. The van der Waals surface area contributed by atoms with E-state index in [4.69, 9.17) is 0 Å². The van der Waals surface area contributed by atoms with Crippen molar-refractivity contribution in [3.05, 3.63) is 52.5 Å². The zero-order valence-electron chi connectivity index (χ0n) is 13.0. The highest BCUT2D eigenvalue weighted by atomic mass is 32.1. The molecule has 0 radical (unpaired) electrons. The molecular weight excluding hydrogens is 306 g/mol. The highest BCUT2D eigenvalue weighted by Gasteiger charge is 2.42.